The molecule has 0 saturated carbocycles. The molecule has 62 valence electrons. The molecule has 10 heavy (non-hydrogen) atoms. The Kier molecular flexibility index (Phi) is 3.27. The highest BCUT2D eigenvalue weighted by molar-refractivity contribution is 7.86. The van der Waals surface area contributed by atoms with Crippen LogP contribution < -0.4 is 5.73 Å². The van der Waals surface area contributed by atoms with Crippen LogP contribution in [0.25, 0.3) is 0 Å². The zero-order valence-electron chi connectivity index (χ0n) is 6.11. The van der Waals surface area contributed by atoms with Crippen molar-refractivity contribution in [1.29, 1.82) is 0 Å². The van der Waals surface area contributed by atoms with Crippen LogP contribution in [0.2, 0.25) is 0 Å². The van der Waals surface area contributed by atoms with E-state index < -0.39 is 15.5 Å². The molecule has 0 rings (SSSR count). The molecule has 5 heteroatoms. The van der Waals surface area contributed by atoms with Crippen LogP contribution in [0, 0.1) is 5.92 Å². The molecule has 0 radical (unpaired) electrons. The van der Waals surface area contributed by atoms with Crippen LogP contribution in [0.3, 0.4) is 0 Å². The zero-order chi connectivity index (χ0) is 8.36. The fourth-order valence-electron chi connectivity index (χ4n) is 0.586. The molecular weight excluding hydrogens is 154 g/mol. The first-order valence-electron chi connectivity index (χ1n) is 3.06. The fraction of sp³-hybridized carbons (Fsp3) is 1.00. The van der Waals surface area contributed by atoms with Crippen molar-refractivity contribution in [1.82, 2.24) is 0 Å². The quantitative estimate of drug-likeness (QED) is 0.588. The number of rotatable bonds is 3. The SMILES string of the molecule is CC(C)CC(N)S(=O)(=O)O. The van der Waals surface area contributed by atoms with Gasteiger partial charge in [0.15, 0.2) is 0 Å². The van der Waals surface area contributed by atoms with Crippen molar-refractivity contribution >= 4 is 10.1 Å². The first-order chi connectivity index (χ1) is 4.34. The van der Waals surface area contributed by atoms with Crippen LogP contribution in [0.1, 0.15) is 20.3 Å². The second-order valence-corrected chi connectivity index (χ2v) is 4.32. The monoisotopic (exact) mass is 167 g/mol. The summed E-state index contributed by atoms with van der Waals surface area (Å²) in [6, 6.07) is 0. The molecule has 0 amide bonds. The molecule has 0 saturated heterocycles. The Balaban J connectivity index is 3.99. The summed E-state index contributed by atoms with van der Waals surface area (Å²) in [4.78, 5) is 0. The van der Waals surface area contributed by atoms with Gasteiger partial charge in [-0.1, -0.05) is 13.8 Å². The molecule has 0 aliphatic carbocycles. The van der Waals surface area contributed by atoms with E-state index in [1.54, 1.807) is 0 Å². The molecule has 3 N–H and O–H groups in total. The summed E-state index contributed by atoms with van der Waals surface area (Å²) >= 11 is 0. The smallest absolute Gasteiger partial charge is 0.280 e. The molecule has 1 unspecified atom stereocenters. The number of nitrogens with two attached hydrogens (primary N) is 1. The summed E-state index contributed by atoms with van der Waals surface area (Å²) in [5, 5.41) is -1.13. The molecule has 0 spiro atoms. The maximum atomic E-state index is 10.3. The highest BCUT2D eigenvalue weighted by atomic mass is 32.2. The van der Waals surface area contributed by atoms with Gasteiger partial charge in [-0.2, -0.15) is 8.42 Å². The lowest BCUT2D eigenvalue weighted by Crippen LogP contribution is -2.31. The predicted octanol–water partition coefficient (Wildman–Crippen LogP) is 0.205. The van der Waals surface area contributed by atoms with Crippen LogP contribution >= 0.6 is 0 Å². The van der Waals surface area contributed by atoms with E-state index in [0.717, 1.165) is 0 Å². The van der Waals surface area contributed by atoms with Gasteiger partial charge in [0.05, 0.1) is 0 Å². The third-order valence-corrected chi connectivity index (χ3v) is 2.04. The lowest BCUT2D eigenvalue weighted by molar-refractivity contribution is 0.448. The minimum Gasteiger partial charge on any atom is -0.313 e. The largest absolute Gasteiger partial charge is 0.313 e. The van der Waals surface area contributed by atoms with Gasteiger partial charge in [-0.05, 0) is 12.3 Å². The Bertz CT molecular complexity index is 185. The molecule has 0 aromatic carbocycles. The molecule has 0 bridgehead atoms. The maximum Gasteiger partial charge on any atom is 0.280 e. The van der Waals surface area contributed by atoms with E-state index in [2.05, 4.69) is 0 Å². The summed E-state index contributed by atoms with van der Waals surface area (Å²) in [5.41, 5.74) is 5.11. The van der Waals surface area contributed by atoms with E-state index in [4.69, 9.17) is 10.3 Å². The van der Waals surface area contributed by atoms with Gasteiger partial charge in [-0.25, -0.2) is 0 Å². The molecule has 0 aromatic heterocycles. The lowest BCUT2D eigenvalue weighted by atomic mass is 10.1. The van der Waals surface area contributed by atoms with Crippen molar-refractivity contribution < 1.29 is 13.0 Å². The average Bonchev–Trinajstić information content (AvgIpc) is 1.60. The van der Waals surface area contributed by atoms with Crippen molar-refractivity contribution in [3.05, 3.63) is 0 Å². The summed E-state index contributed by atoms with van der Waals surface area (Å²) < 4.78 is 29.0. The van der Waals surface area contributed by atoms with Crippen LogP contribution in [-0.4, -0.2) is 18.3 Å². The van der Waals surface area contributed by atoms with Crippen molar-refractivity contribution in [2.24, 2.45) is 11.7 Å². The van der Waals surface area contributed by atoms with Crippen LogP contribution in [0.4, 0.5) is 0 Å². The van der Waals surface area contributed by atoms with Crippen LogP contribution in [0.5, 0.6) is 0 Å². The van der Waals surface area contributed by atoms with Gasteiger partial charge in [-0.15, -0.1) is 0 Å². The molecule has 0 heterocycles. The molecular formula is C5H13NO3S. The first kappa shape index (κ1) is 9.87. The van der Waals surface area contributed by atoms with Gasteiger partial charge in [0.1, 0.15) is 5.37 Å². The Hall–Kier alpha value is -0.130. The maximum absolute atomic E-state index is 10.3. The van der Waals surface area contributed by atoms with Crippen molar-refractivity contribution in [2.45, 2.75) is 25.6 Å². The third-order valence-electron chi connectivity index (χ3n) is 1.09. The third kappa shape index (κ3) is 3.81. The molecule has 0 aliphatic rings. The van der Waals surface area contributed by atoms with Crippen LogP contribution in [-0.2, 0) is 10.1 Å². The van der Waals surface area contributed by atoms with E-state index in [1.165, 1.54) is 0 Å². The van der Waals surface area contributed by atoms with E-state index in [-0.39, 0.29) is 5.92 Å². The summed E-state index contributed by atoms with van der Waals surface area (Å²) in [7, 11) is -4.02. The molecule has 0 aliphatic heterocycles. The predicted molar refractivity (Wildman–Crippen MR) is 39.0 cm³/mol. The number of hydrogen-bond donors (Lipinski definition) is 2. The number of hydrogen-bond acceptors (Lipinski definition) is 3. The summed E-state index contributed by atoms with van der Waals surface area (Å²) in [6.45, 7) is 3.68. The van der Waals surface area contributed by atoms with Gasteiger partial charge >= 0.3 is 0 Å². The van der Waals surface area contributed by atoms with Gasteiger partial charge in [0, 0.05) is 0 Å². The summed E-state index contributed by atoms with van der Waals surface area (Å²) in [5.74, 6) is 0.178. The van der Waals surface area contributed by atoms with Gasteiger partial charge in [0.2, 0.25) is 0 Å². The zero-order valence-corrected chi connectivity index (χ0v) is 6.93. The highest BCUT2D eigenvalue weighted by Gasteiger charge is 2.18. The van der Waals surface area contributed by atoms with Gasteiger partial charge < -0.3 is 5.73 Å². The van der Waals surface area contributed by atoms with E-state index in [0.29, 0.717) is 6.42 Å². The Morgan fingerprint density at radius 2 is 1.90 bits per heavy atom. The van der Waals surface area contributed by atoms with E-state index in [1.807, 2.05) is 13.8 Å². The molecule has 0 aromatic rings. The van der Waals surface area contributed by atoms with Crippen LogP contribution in [0.15, 0.2) is 0 Å². The Labute approximate surface area is 61.2 Å². The van der Waals surface area contributed by atoms with E-state index in [9.17, 15) is 8.42 Å². The van der Waals surface area contributed by atoms with E-state index >= 15 is 0 Å². The van der Waals surface area contributed by atoms with Crippen molar-refractivity contribution in [3.63, 3.8) is 0 Å². The minimum absolute atomic E-state index is 0.178. The second-order valence-electron chi connectivity index (χ2n) is 2.68. The standard InChI is InChI=1S/C5H13NO3S/c1-4(2)3-5(6)10(7,8)9/h4-5H,3,6H2,1-2H3,(H,7,8,9). The molecule has 1 atom stereocenters. The normalized spacial score (nSPS) is 15.7. The lowest BCUT2D eigenvalue weighted by Gasteiger charge is -2.09. The van der Waals surface area contributed by atoms with Gasteiger partial charge in [0.25, 0.3) is 10.1 Å². The second kappa shape index (κ2) is 3.32. The molecule has 0 fully saturated rings. The summed E-state index contributed by atoms with van der Waals surface area (Å²) in [6.07, 6.45) is 0.291. The Morgan fingerprint density at radius 1 is 1.50 bits per heavy atom. The Morgan fingerprint density at radius 3 is 2.00 bits per heavy atom. The average molecular weight is 167 g/mol. The topological polar surface area (TPSA) is 80.4 Å². The van der Waals surface area contributed by atoms with Crippen molar-refractivity contribution in [2.75, 3.05) is 0 Å². The fourth-order valence-corrected chi connectivity index (χ4v) is 1.21. The highest BCUT2D eigenvalue weighted by Crippen LogP contribution is 2.06. The van der Waals surface area contributed by atoms with Crippen molar-refractivity contribution in [3.8, 4) is 0 Å². The minimum atomic E-state index is -4.02. The van der Waals surface area contributed by atoms with Gasteiger partial charge in [-0.3, -0.25) is 4.55 Å². The first-order valence-corrected chi connectivity index (χ1v) is 4.56. The molecule has 4 nitrogen and oxygen atoms in total.